The van der Waals surface area contributed by atoms with Gasteiger partial charge in [-0.2, -0.15) is 0 Å². The van der Waals surface area contributed by atoms with Crippen LogP contribution in [0.4, 0.5) is 0 Å². The maximum absolute atomic E-state index is 5.92. The fourth-order valence-corrected chi connectivity index (χ4v) is 2.23. The van der Waals surface area contributed by atoms with Gasteiger partial charge in [-0.1, -0.05) is 0 Å². The summed E-state index contributed by atoms with van der Waals surface area (Å²) in [7, 11) is 4.16. The second-order valence-corrected chi connectivity index (χ2v) is 4.43. The zero-order chi connectivity index (χ0) is 10.1. The van der Waals surface area contributed by atoms with Crippen LogP contribution in [0, 0.1) is 0 Å². The Labute approximate surface area is 89.7 Å². The summed E-state index contributed by atoms with van der Waals surface area (Å²) in [5.74, 6) is 0.635. The molecule has 0 atom stereocenters. The van der Waals surface area contributed by atoms with E-state index in [4.69, 9.17) is 11.6 Å². The Morgan fingerprint density at radius 3 is 2.50 bits per heavy atom. The topological polar surface area (TPSA) is 21.1 Å². The average molecular weight is 214 g/mol. The highest BCUT2D eigenvalue weighted by atomic mass is 35.5. The molecule has 1 aliphatic heterocycles. The summed E-state index contributed by atoms with van der Waals surface area (Å²) in [6.45, 7) is 2.35. The van der Waals surface area contributed by atoms with Crippen molar-refractivity contribution in [3.8, 4) is 0 Å². The third kappa shape index (κ3) is 1.79. The van der Waals surface area contributed by atoms with E-state index in [0.29, 0.717) is 11.2 Å². The van der Waals surface area contributed by atoms with Crippen LogP contribution in [0.5, 0.6) is 0 Å². The standard InChI is InChI=1S/C10H16ClN3/c1-13-5-3-8(4-6-13)9-7-12-10(11)14(9)2/h7-8H,3-6H2,1-2H3. The van der Waals surface area contributed by atoms with Gasteiger partial charge < -0.3 is 9.47 Å². The minimum atomic E-state index is 0.596. The molecule has 4 heteroatoms. The van der Waals surface area contributed by atoms with Crippen LogP contribution >= 0.6 is 11.6 Å². The van der Waals surface area contributed by atoms with Crippen molar-refractivity contribution in [3.05, 3.63) is 17.2 Å². The van der Waals surface area contributed by atoms with Crippen molar-refractivity contribution in [2.75, 3.05) is 20.1 Å². The molecular weight excluding hydrogens is 198 g/mol. The molecule has 78 valence electrons. The summed E-state index contributed by atoms with van der Waals surface area (Å²) in [6.07, 6.45) is 4.34. The summed E-state index contributed by atoms with van der Waals surface area (Å²) in [5, 5.41) is 0.596. The molecule has 0 amide bonds. The number of likely N-dealkylation sites (tertiary alicyclic amines) is 1. The maximum Gasteiger partial charge on any atom is 0.202 e. The third-order valence-electron chi connectivity index (χ3n) is 3.10. The van der Waals surface area contributed by atoms with Crippen LogP contribution in [-0.2, 0) is 7.05 Å². The number of imidazole rings is 1. The van der Waals surface area contributed by atoms with Crippen molar-refractivity contribution in [2.45, 2.75) is 18.8 Å². The monoisotopic (exact) mass is 213 g/mol. The van der Waals surface area contributed by atoms with Crippen LogP contribution in [-0.4, -0.2) is 34.6 Å². The van der Waals surface area contributed by atoms with E-state index < -0.39 is 0 Å². The van der Waals surface area contributed by atoms with E-state index in [-0.39, 0.29) is 0 Å². The van der Waals surface area contributed by atoms with Gasteiger partial charge in [-0.05, 0) is 44.6 Å². The predicted molar refractivity (Wildman–Crippen MR) is 57.7 cm³/mol. The molecule has 14 heavy (non-hydrogen) atoms. The number of aromatic nitrogens is 2. The van der Waals surface area contributed by atoms with Crippen molar-refractivity contribution < 1.29 is 0 Å². The third-order valence-corrected chi connectivity index (χ3v) is 3.46. The smallest absolute Gasteiger partial charge is 0.202 e. The first-order valence-electron chi connectivity index (χ1n) is 5.04. The van der Waals surface area contributed by atoms with Gasteiger partial charge in [0.2, 0.25) is 5.28 Å². The maximum atomic E-state index is 5.92. The van der Waals surface area contributed by atoms with Crippen LogP contribution in [0.25, 0.3) is 0 Å². The molecule has 1 aromatic heterocycles. The molecule has 0 unspecified atom stereocenters. The van der Waals surface area contributed by atoms with Gasteiger partial charge in [0.25, 0.3) is 0 Å². The van der Waals surface area contributed by atoms with E-state index >= 15 is 0 Å². The Morgan fingerprint density at radius 1 is 1.36 bits per heavy atom. The van der Waals surface area contributed by atoms with Gasteiger partial charge in [0.15, 0.2) is 0 Å². The van der Waals surface area contributed by atoms with E-state index in [1.807, 2.05) is 17.8 Å². The molecule has 0 radical (unpaired) electrons. The minimum Gasteiger partial charge on any atom is -0.322 e. The summed E-state index contributed by atoms with van der Waals surface area (Å²) in [4.78, 5) is 6.49. The Hall–Kier alpha value is -0.540. The zero-order valence-corrected chi connectivity index (χ0v) is 9.46. The lowest BCUT2D eigenvalue weighted by Crippen LogP contribution is -2.29. The van der Waals surface area contributed by atoms with Gasteiger partial charge in [0.05, 0.1) is 6.20 Å². The van der Waals surface area contributed by atoms with Crippen LogP contribution in [0.15, 0.2) is 6.20 Å². The molecule has 0 saturated carbocycles. The van der Waals surface area contributed by atoms with Crippen molar-refractivity contribution in [3.63, 3.8) is 0 Å². The van der Waals surface area contributed by atoms with E-state index in [1.165, 1.54) is 31.6 Å². The molecule has 1 saturated heterocycles. The SMILES string of the molecule is CN1CCC(c2cnc(Cl)n2C)CC1. The van der Waals surface area contributed by atoms with E-state index in [2.05, 4.69) is 16.9 Å². The highest BCUT2D eigenvalue weighted by Gasteiger charge is 2.21. The molecule has 2 heterocycles. The van der Waals surface area contributed by atoms with Gasteiger partial charge in [-0.15, -0.1) is 0 Å². The van der Waals surface area contributed by atoms with Crippen LogP contribution in [0.2, 0.25) is 5.28 Å². The predicted octanol–water partition coefficient (Wildman–Crippen LogP) is 1.88. The molecule has 1 aliphatic rings. The van der Waals surface area contributed by atoms with Gasteiger partial charge in [-0.25, -0.2) is 4.98 Å². The Kier molecular flexibility index (Phi) is 2.79. The second kappa shape index (κ2) is 3.91. The number of hydrogen-bond acceptors (Lipinski definition) is 2. The van der Waals surface area contributed by atoms with Crippen molar-refractivity contribution in [1.29, 1.82) is 0 Å². The van der Waals surface area contributed by atoms with Crippen LogP contribution in [0.3, 0.4) is 0 Å². The van der Waals surface area contributed by atoms with Crippen molar-refractivity contribution in [2.24, 2.45) is 7.05 Å². The Bertz CT molecular complexity index is 313. The lowest BCUT2D eigenvalue weighted by molar-refractivity contribution is 0.251. The highest BCUT2D eigenvalue weighted by molar-refractivity contribution is 6.28. The molecule has 1 fully saturated rings. The number of nitrogens with zero attached hydrogens (tertiary/aromatic N) is 3. The molecule has 0 spiro atoms. The second-order valence-electron chi connectivity index (χ2n) is 4.09. The number of hydrogen-bond donors (Lipinski definition) is 0. The summed E-state index contributed by atoms with van der Waals surface area (Å²) >= 11 is 5.92. The van der Waals surface area contributed by atoms with Gasteiger partial charge in [-0.3, -0.25) is 0 Å². The first kappa shape index (κ1) is 9.99. The number of halogens is 1. The number of piperidine rings is 1. The first-order valence-corrected chi connectivity index (χ1v) is 5.42. The van der Waals surface area contributed by atoms with Crippen LogP contribution < -0.4 is 0 Å². The van der Waals surface area contributed by atoms with Crippen molar-refractivity contribution in [1.82, 2.24) is 14.5 Å². The molecule has 0 bridgehead atoms. The van der Waals surface area contributed by atoms with E-state index in [1.54, 1.807) is 0 Å². The highest BCUT2D eigenvalue weighted by Crippen LogP contribution is 2.28. The molecule has 0 aliphatic carbocycles. The lowest BCUT2D eigenvalue weighted by Gasteiger charge is -2.28. The molecule has 3 nitrogen and oxygen atoms in total. The first-order chi connectivity index (χ1) is 6.68. The van der Waals surface area contributed by atoms with Crippen molar-refractivity contribution >= 4 is 11.6 Å². The Balaban J connectivity index is 2.12. The fourth-order valence-electron chi connectivity index (χ4n) is 2.08. The van der Waals surface area contributed by atoms with Gasteiger partial charge >= 0.3 is 0 Å². The van der Waals surface area contributed by atoms with Crippen LogP contribution in [0.1, 0.15) is 24.5 Å². The summed E-state index contributed by atoms with van der Waals surface area (Å²) < 4.78 is 2.00. The quantitative estimate of drug-likeness (QED) is 0.711. The summed E-state index contributed by atoms with van der Waals surface area (Å²) in [6, 6.07) is 0. The molecule has 1 aromatic rings. The number of rotatable bonds is 1. The lowest BCUT2D eigenvalue weighted by atomic mass is 9.94. The fraction of sp³-hybridized carbons (Fsp3) is 0.700. The van der Waals surface area contributed by atoms with E-state index in [9.17, 15) is 0 Å². The molecule has 0 aromatic carbocycles. The zero-order valence-electron chi connectivity index (χ0n) is 8.70. The normalized spacial score (nSPS) is 20.2. The molecule has 0 N–H and O–H groups in total. The molecular formula is C10H16ClN3. The van der Waals surface area contributed by atoms with E-state index in [0.717, 1.165) is 0 Å². The summed E-state index contributed by atoms with van der Waals surface area (Å²) in [5.41, 5.74) is 1.28. The Morgan fingerprint density at radius 2 is 2.00 bits per heavy atom. The van der Waals surface area contributed by atoms with Gasteiger partial charge in [0, 0.05) is 18.7 Å². The molecule has 2 rings (SSSR count). The average Bonchev–Trinajstić information content (AvgIpc) is 2.50. The minimum absolute atomic E-state index is 0.596. The van der Waals surface area contributed by atoms with Gasteiger partial charge in [0.1, 0.15) is 0 Å². The largest absolute Gasteiger partial charge is 0.322 e.